The lowest BCUT2D eigenvalue weighted by Gasteiger charge is -2.37. The monoisotopic (exact) mass is 1350 g/mol. The van der Waals surface area contributed by atoms with E-state index in [4.69, 9.17) is 143 Å². The Hall–Kier alpha value is -9.63. The molecule has 8 heterocycles. The maximum absolute atomic E-state index is 12.9. The quantitative estimate of drug-likeness (QED) is 0.0980. The highest BCUT2D eigenvalue weighted by atomic mass is 20.0. The van der Waals surface area contributed by atoms with Gasteiger partial charge in [0.2, 0.25) is 11.6 Å². The SMILES string of the molecule is C.COC(=O)NC1(c2nc(-c3ccc(C)c(NC(=O)c4cnc5ccccn45)c3)no2)COC1.Cc1ccc(-c2noc(C3(N)COC3)n2)cc1NC(=O)c1cnc2ccccn12.FF.FF.FF.FF.FF.FF.FF.FF.FF.FF.FF.FF.FF. The lowest BCUT2D eigenvalue weighted by molar-refractivity contribution is -0.0894. The molecule has 0 bridgehead atoms. The van der Waals surface area contributed by atoms with Crippen molar-refractivity contribution >= 4 is 40.6 Å². The van der Waals surface area contributed by atoms with Crippen molar-refractivity contribution in [3.63, 3.8) is 0 Å². The van der Waals surface area contributed by atoms with Gasteiger partial charge in [0.05, 0.1) is 45.9 Å². The highest BCUT2D eigenvalue weighted by molar-refractivity contribution is 6.05. The molecule has 2 saturated heterocycles. The van der Waals surface area contributed by atoms with Crippen molar-refractivity contribution in [1.29, 1.82) is 0 Å². The Bertz CT molecular complexity index is 3060. The Morgan fingerprint density at radius 1 is 0.517 bits per heavy atom. The van der Waals surface area contributed by atoms with Gasteiger partial charge in [0, 0.05) is 154 Å². The van der Waals surface area contributed by atoms with E-state index in [1.807, 2.05) is 80.6 Å². The fraction of sp³-hybridized carbons (Fsp3) is 0.233. The molecule has 2 aliphatic heterocycles. The number of halogens is 26. The number of pyridine rings is 2. The van der Waals surface area contributed by atoms with E-state index in [0.717, 1.165) is 11.1 Å². The summed E-state index contributed by atoms with van der Waals surface area (Å²) >= 11 is 0. The van der Waals surface area contributed by atoms with E-state index in [2.05, 4.69) is 50.9 Å². The summed E-state index contributed by atoms with van der Waals surface area (Å²) in [6.45, 7) is 4.88. The number of nitrogens with zero attached hydrogens (tertiary/aromatic N) is 8. The standard InChI is InChI=1S/C22H20N6O5.C20H18N6O3.CH4.13F2/c1-13-6-7-14(18-25-20(33-27-18)22(11-32-12-22)26-21(30)31-2)9-15(13)24-19(29)16-10-23-17-5-3-4-8-28(16)17;1-12-5-6-13(17-24-19(29-25-17)20(21)10-28-11-20)8-14(12)23-18(27)15-9-22-16-4-2-3-7-26(15)16;;13*1-2/h3-10H,11-12H2,1-2H3,(H,24,29)(H,26,30);2-9H,10-11,21H2,1H3,(H,23,27);1H4;;;;;;;;;;;;;. The number of aromatic nitrogens is 8. The minimum atomic E-state index is -0.927. The number of amides is 3. The second kappa shape index (κ2) is 53.8. The average Bonchev–Trinajstić information content (AvgIpc) is 1.82. The number of carbonyl (C=O) groups is 3. The number of rotatable bonds is 9. The van der Waals surface area contributed by atoms with E-state index in [9.17, 15) is 14.4 Å². The number of alkyl carbamates (subject to hydrolysis) is 1. The van der Waals surface area contributed by atoms with Crippen molar-refractivity contribution in [2.75, 3.05) is 44.2 Å². The summed E-state index contributed by atoms with van der Waals surface area (Å²) in [5.74, 6) is 0.720. The van der Waals surface area contributed by atoms with Crippen LogP contribution in [-0.2, 0) is 25.3 Å². The van der Waals surface area contributed by atoms with Gasteiger partial charge in [-0.05, 0) is 61.4 Å². The normalized spacial score (nSPS) is 11.2. The van der Waals surface area contributed by atoms with Crippen LogP contribution < -0.4 is 21.7 Å². The molecule has 3 amide bonds. The molecule has 0 spiro atoms. The van der Waals surface area contributed by atoms with Gasteiger partial charge in [0.15, 0.2) is 5.54 Å². The molecule has 504 valence electrons. The number of aryl methyl sites for hydroxylation is 2. The highest BCUT2D eigenvalue weighted by Crippen LogP contribution is 2.32. The molecular weight excluding hydrogens is 1310 g/mol. The first-order valence-electron chi connectivity index (χ1n) is 21.1. The third kappa shape index (κ3) is 25.7. The molecule has 0 aliphatic carbocycles. The third-order valence-electron chi connectivity index (χ3n) is 10.4. The van der Waals surface area contributed by atoms with Gasteiger partial charge in [-0.2, -0.15) is 9.97 Å². The van der Waals surface area contributed by atoms with Crippen LogP contribution >= 0.6 is 0 Å². The maximum Gasteiger partial charge on any atom is 0.407 e. The number of carbonyl (C=O) groups excluding carboxylic acids is 3. The van der Waals surface area contributed by atoms with Crippen LogP contribution in [0.3, 0.4) is 0 Å². The number of benzene rings is 2. The lowest BCUT2D eigenvalue weighted by atomic mass is 9.97. The summed E-state index contributed by atoms with van der Waals surface area (Å²) in [4.78, 5) is 54.8. The smallest absolute Gasteiger partial charge is 0.407 e. The zero-order chi connectivity index (χ0) is 69.0. The zero-order valence-electron chi connectivity index (χ0n) is 43.3. The van der Waals surface area contributed by atoms with Crippen LogP contribution in [0.25, 0.3) is 34.1 Å². The van der Waals surface area contributed by atoms with E-state index >= 15 is 0 Å². The number of anilines is 2. The minimum absolute atomic E-state index is 0. The largest absolute Gasteiger partial charge is 0.453 e. The fourth-order valence-corrected chi connectivity index (χ4v) is 6.69. The molecule has 0 atom stereocenters. The van der Waals surface area contributed by atoms with Crippen molar-refractivity contribution in [3.8, 4) is 22.8 Å². The molecule has 2 aromatic carbocycles. The number of nitrogens with two attached hydrogens (primary N) is 1. The van der Waals surface area contributed by atoms with Crippen LogP contribution in [-0.4, -0.2) is 90.5 Å². The summed E-state index contributed by atoms with van der Waals surface area (Å²) in [5.41, 5.74) is 11.1. The number of nitrogens with one attached hydrogen (secondary N) is 3. The van der Waals surface area contributed by atoms with Gasteiger partial charge in [-0.1, -0.05) is 54.1 Å². The summed E-state index contributed by atoms with van der Waals surface area (Å²) in [6, 6.07) is 22.1. The zero-order valence-corrected chi connectivity index (χ0v) is 43.3. The molecule has 89 heavy (non-hydrogen) atoms. The van der Waals surface area contributed by atoms with Crippen molar-refractivity contribution in [3.05, 3.63) is 132 Å². The van der Waals surface area contributed by atoms with E-state index < -0.39 is 17.2 Å². The number of methoxy groups -OCH3 is 1. The Labute approximate surface area is 478 Å². The first-order chi connectivity index (χ1) is 43.0. The van der Waals surface area contributed by atoms with Crippen molar-refractivity contribution < 1.29 is 157 Å². The number of imidazole rings is 2. The Kier molecular flexibility index (Phi) is 54.8. The average molecular weight is 1350 g/mol. The number of fused-ring (bicyclic) bond motifs is 2. The third-order valence-corrected chi connectivity index (χ3v) is 10.4. The van der Waals surface area contributed by atoms with Crippen LogP contribution in [0, 0.1) is 13.8 Å². The van der Waals surface area contributed by atoms with Gasteiger partial charge in [-0.25, -0.2) is 14.8 Å². The predicted molar refractivity (Wildman–Crippen MR) is 255 cm³/mol. The highest BCUT2D eigenvalue weighted by Gasteiger charge is 2.48. The summed E-state index contributed by atoms with van der Waals surface area (Å²) in [6.07, 6.45) is 6.05. The van der Waals surface area contributed by atoms with Gasteiger partial charge < -0.3 is 44.9 Å². The predicted octanol–water partition coefficient (Wildman–Crippen LogP) is 16.2. The van der Waals surface area contributed by atoms with E-state index in [1.165, 1.54) is 13.3 Å². The van der Waals surface area contributed by atoms with Gasteiger partial charge >= 0.3 is 6.09 Å². The minimum Gasteiger partial charge on any atom is -0.453 e. The molecule has 5 N–H and O–H groups in total. The van der Waals surface area contributed by atoms with Gasteiger partial charge in [0.25, 0.3) is 23.6 Å². The first-order valence-corrected chi connectivity index (χ1v) is 21.1. The molecule has 0 radical (unpaired) electrons. The number of ether oxygens (including phenoxy) is 3. The number of hydrogen-bond acceptors (Lipinski definition) is 15. The van der Waals surface area contributed by atoms with Gasteiger partial charge in [-0.3, -0.25) is 18.4 Å². The van der Waals surface area contributed by atoms with E-state index in [1.54, 1.807) is 33.5 Å². The van der Waals surface area contributed by atoms with E-state index in [-0.39, 0.29) is 38.3 Å². The second-order valence-electron chi connectivity index (χ2n) is 14.8. The molecule has 6 aromatic heterocycles. The van der Waals surface area contributed by atoms with Crippen LogP contribution in [0.1, 0.15) is 51.3 Å². The van der Waals surface area contributed by atoms with Crippen molar-refractivity contribution in [2.45, 2.75) is 32.4 Å². The maximum atomic E-state index is 12.9. The first kappa shape index (κ1) is 90.6. The molecule has 0 saturated carbocycles. The molecule has 20 nitrogen and oxygen atoms in total. The molecule has 2 aliphatic rings. The molecule has 10 rings (SSSR count). The van der Waals surface area contributed by atoms with Crippen LogP contribution in [0.2, 0.25) is 0 Å². The van der Waals surface area contributed by atoms with Gasteiger partial charge in [0.1, 0.15) is 28.2 Å². The van der Waals surface area contributed by atoms with Crippen molar-refractivity contribution in [2.24, 2.45) is 5.73 Å². The summed E-state index contributed by atoms with van der Waals surface area (Å²) in [7, 11) is 1.27. The topological polar surface area (TPSA) is 253 Å². The molecule has 8 aromatic rings. The fourth-order valence-electron chi connectivity index (χ4n) is 6.69. The second-order valence-corrected chi connectivity index (χ2v) is 14.8. The van der Waals surface area contributed by atoms with Crippen LogP contribution in [0.5, 0.6) is 0 Å². The van der Waals surface area contributed by atoms with Gasteiger partial charge in [-0.15, -0.1) is 0 Å². The van der Waals surface area contributed by atoms with Crippen LogP contribution in [0.15, 0.2) is 107 Å². The Balaban J connectivity index is -0.000000282. The lowest BCUT2D eigenvalue weighted by Crippen LogP contribution is -2.59. The molecule has 46 heteroatoms. The Morgan fingerprint density at radius 3 is 1.19 bits per heavy atom. The van der Waals surface area contributed by atoms with Crippen LogP contribution in [0.4, 0.5) is 135 Å². The Morgan fingerprint density at radius 2 is 0.865 bits per heavy atom. The van der Waals surface area contributed by atoms with Crippen molar-refractivity contribution in [1.82, 2.24) is 44.4 Å². The number of hydrogen-bond donors (Lipinski definition) is 4. The van der Waals surface area contributed by atoms with E-state index in [0.29, 0.717) is 75.9 Å². The molecule has 2 fully saturated rings. The molecular formula is C43H42F26N12O8. The summed E-state index contributed by atoms with van der Waals surface area (Å²) < 4.78 is 237. The molecule has 0 unspecified atom stereocenters. The summed E-state index contributed by atoms with van der Waals surface area (Å²) in [5, 5.41) is 16.6.